The molecule has 0 spiro atoms. The van der Waals surface area contributed by atoms with Crippen LogP contribution in [0.4, 0.5) is 0 Å². The minimum Gasteiger partial charge on any atom is -0.477 e. The minimum absolute atomic E-state index is 0. The molecule has 8 nitrogen and oxygen atoms in total. The first-order valence-corrected chi connectivity index (χ1v) is 12.1. The van der Waals surface area contributed by atoms with Gasteiger partial charge in [-0.15, -0.1) is 29.0 Å². The molecular formula is C30H17N7OPt. The smallest absolute Gasteiger partial charge is 0.477 e. The second-order valence-corrected chi connectivity index (χ2v) is 9.04. The van der Waals surface area contributed by atoms with E-state index in [4.69, 9.17) is 9.72 Å². The van der Waals surface area contributed by atoms with Crippen LogP contribution >= 0.6 is 0 Å². The van der Waals surface area contributed by atoms with Crippen LogP contribution in [0.2, 0.25) is 0 Å². The first kappa shape index (κ1) is 23.4. The number of para-hydroxylation sites is 2. The fourth-order valence-corrected chi connectivity index (χ4v) is 5.27. The van der Waals surface area contributed by atoms with Crippen LogP contribution in [-0.2, 0) is 21.1 Å². The van der Waals surface area contributed by atoms with Crippen molar-refractivity contribution in [3.05, 3.63) is 103 Å². The number of pyridine rings is 3. The zero-order valence-corrected chi connectivity index (χ0v) is 22.7. The van der Waals surface area contributed by atoms with Crippen molar-refractivity contribution < 1.29 is 25.8 Å². The first-order valence-electron chi connectivity index (χ1n) is 12.1. The molecule has 5 heterocycles. The molecule has 9 heteroatoms. The summed E-state index contributed by atoms with van der Waals surface area (Å²) >= 11 is 0. The van der Waals surface area contributed by atoms with Crippen LogP contribution < -0.4 is 4.74 Å². The molecule has 0 aliphatic heterocycles. The molecule has 8 rings (SSSR count). The monoisotopic (exact) mass is 686 g/mol. The first-order chi connectivity index (χ1) is 18.8. The molecule has 8 aromatic rings. The normalized spacial score (nSPS) is 11.5. The summed E-state index contributed by atoms with van der Waals surface area (Å²) in [7, 11) is 0. The molecule has 0 bridgehead atoms. The molecule has 0 amide bonds. The summed E-state index contributed by atoms with van der Waals surface area (Å²) < 4.78 is 10.1. The van der Waals surface area contributed by atoms with E-state index in [1.807, 2.05) is 73.7 Å². The molecule has 0 aliphatic carbocycles. The van der Waals surface area contributed by atoms with Crippen molar-refractivity contribution in [2.24, 2.45) is 0 Å². The number of nitrogens with zero attached hydrogens (tertiary/aromatic N) is 7. The number of tetrazole rings is 1. The van der Waals surface area contributed by atoms with Gasteiger partial charge in [0.15, 0.2) is 5.88 Å². The van der Waals surface area contributed by atoms with Gasteiger partial charge in [0, 0.05) is 17.5 Å². The quantitative estimate of drug-likeness (QED) is 0.167. The van der Waals surface area contributed by atoms with Crippen molar-refractivity contribution in [2.45, 2.75) is 6.92 Å². The number of hydrogen-bond donors (Lipinski definition) is 0. The van der Waals surface area contributed by atoms with Crippen molar-refractivity contribution in [3.8, 4) is 17.4 Å². The third kappa shape index (κ3) is 3.52. The maximum atomic E-state index is 6.27. The standard InChI is InChI=1S/C30H17N7O.Pt/c1-18-29-22-9-3-5-11-25(22)37-30(33-34-35-37)23(29)17-28(32-18)38-19-13-14-21-20-8-2-4-10-24(20)36(26(21)16-19)27-12-6-7-15-31-27;/h2-15H,1H3;/q-2;+2. The predicted molar refractivity (Wildman–Crippen MR) is 145 cm³/mol. The van der Waals surface area contributed by atoms with E-state index < -0.39 is 0 Å². The van der Waals surface area contributed by atoms with E-state index in [1.165, 1.54) is 0 Å². The van der Waals surface area contributed by atoms with Gasteiger partial charge in [-0.3, -0.25) is 0 Å². The van der Waals surface area contributed by atoms with Gasteiger partial charge >= 0.3 is 21.1 Å². The third-order valence-corrected chi connectivity index (χ3v) is 6.85. The van der Waals surface area contributed by atoms with Gasteiger partial charge in [0.25, 0.3) is 0 Å². The molecule has 3 aromatic carbocycles. The Kier molecular flexibility index (Phi) is 5.38. The number of hydrogen-bond acceptors (Lipinski definition) is 6. The maximum absolute atomic E-state index is 6.27. The molecule has 5 aromatic heterocycles. The fraction of sp³-hybridized carbons (Fsp3) is 0.0333. The van der Waals surface area contributed by atoms with Crippen molar-refractivity contribution in [1.82, 2.24) is 34.6 Å². The third-order valence-electron chi connectivity index (χ3n) is 6.85. The van der Waals surface area contributed by atoms with Gasteiger partial charge in [-0.1, -0.05) is 58.6 Å². The second-order valence-electron chi connectivity index (χ2n) is 9.04. The Labute approximate surface area is 236 Å². The van der Waals surface area contributed by atoms with E-state index in [9.17, 15) is 0 Å². The van der Waals surface area contributed by atoms with Gasteiger partial charge in [0.1, 0.15) is 5.82 Å². The summed E-state index contributed by atoms with van der Waals surface area (Å²) in [5, 5.41) is 17.2. The van der Waals surface area contributed by atoms with Crippen molar-refractivity contribution in [3.63, 3.8) is 0 Å². The van der Waals surface area contributed by atoms with E-state index in [2.05, 4.69) is 49.3 Å². The molecule has 0 N–H and O–H groups in total. The zero-order valence-electron chi connectivity index (χ0n) is 20.4. The van der Waals surface area contributed by atoms with Crippen LogP contribution in [0.15, 0.2) is 85.1 Å². The molecule has 0 unspecified atom stereocenters. The van der Waals surface area contributed by atoms with Gasteiger partial charge in [0.2, 0.25) is 0 Å². The summed E-state index contributed by atoms with van der Waals surface area (Å²) in [6.07, 6.45) is 1.79. The van der Waals surface area contributed by atoms with Crippen LogP contribution in [0.3, 0.4) is 0 Å². The Bertz CT molecular complexity index is 2190. The molecule has 0 fully saturated rings. The molecule has 0 saturated heterocycles. The molecule has 0 saturated carbocycles. The van der Waals surface area contributed by atoms with Crippen molar-refractivity contribution in [1.29, 1.82) is 0 Å². The van der Waals surface area contributed by atoms with Gasteiger partial charge in [-0.2, -0.15) is 11.2 Å². The average molecular weight is 687 g/mol. The van der Waals surface area contributed by atoms with E-state index in [-0.39, 0.29) is 21.1 Å². The van der Waals surface area contributed by atoms with Crippen LogP contribution in [0.5, 0.6) is 11.6 Å². The minimum atomic E-state index is 0. The van der Waals surface area contributed by atoms with Crippen molar-refractivity contribution in [2.75, 3.05) is 0 Å². The Morgan fingerprint density at radius 3 is 2.44 bits per heavy atom. The van der Waals surface area contributed by atoms with Gasteiger partial charge in [-0.05, 0) is 52.9 Å². The number of aromatic nitrogens is 7. The SMILES string of the molecule is Cc1nc(Oc2[c-]c3c(cc2)c2ccccc2n3-c2ccccn2)[c-]c2c1c1ccccc1n1nnnc21.[Pt+2]. The predicted octanol–water partition coefficient (Wildman–Crippen LogP) is 6.02. The Morgan fingerprint density at radius 2 is 1.59 bits per heavy atom. The number of aryl methyl sites for hydroxylation is 1. The van der Waals surface area contributed by atoms with Gasteiger partial charge in [0.05, 0.1) is 11.2 Å². The number of rotatable bonds is 3. The largest absolute Gasteiger partial charge is 2.00 e. The molecule has 0 aliphatic rings. The Morgan fingerprint density at radius 1 is 0.795 bits per heavy atom. The Balaban J connectivity index is 0.00000253. The summed E-state index contributed by atoms with van der Waals surface area (Å²) in [5.41, 5.74) is 4.24. The van der Waals surface area contributed by atoms with E-state index in [0.717, 1.165) is 55.0 Å². The summed E-state index contributed by atoms with van der Waals surface area (Å²) in [6, 6.07) is 32.8. The zero-order chi connectivity index (χ0) is 25.2. The molecule has 39 heavy (non-hydrogen) atoms. The van der Waals surface area contributed by atoms with Crippen LogP contribution in [0.25, 0.3) is 54.9 Å². The maximum Gasteiger partial charge on any atom is 2.00 e. The van der Waals surface area contributed by atoms with E-state index in [0.29, 0.717) is 17.3 Å². The van der Waals surface area contributed by atoms with Crippen LogP contribution in [-0.4, -0.2) is 34.6 Å². The summed E-state index contributed by atoms with van der Waals surface area (Å²) in [6.45, 7) is 1.96. The summed E-state index contributed by atoms with van der Waals surface area (Å²) in [5.74, 6) is 1.66. The van der Waals surface area contributed by atoms with E-state index >= 15 is 0 Å². The van der Waals surface area contributed by atoms with Crippen molar-refractivity contribution >= 4 is 49.1 Å². The van der Waals surface area contributed by atoms with Crippen LogP contribution in [0, 0.1) is 19.1 Å². The molecule has 188 valence electrons. The molecule has 0 atom stereocenters. The van der Waals surface area contributed by atoms with Crippen LogP contribution in [0.1, 0.15) is 5.69 Å². The molecule has 0 radical (unpaired) electrons. The van der Waals surface area contributed by atoms with Gasteiger partial charge in [-0.25, -0.2) is 14.5 Å². The topological polar surface area (TPSA) is 83.0 Å². The number of benzene rings is 3. The van der Waals surface area contributed by atoms with Gasteiger partial charge < -0.3 is 9.30 Å². The number of fused-ring (bicyclic) bond motifs is 9. The van der Waals surface area contributed by atoms with E-state index in [1.54, 1.807) is 10.7 Å². The number of ether oxygens (including phenoxy) is 1. The molecular weight excluding hydrogens is 669 g/mol. The average Bonchev–Trinajstić information content (AvgIpc) is 3.57. The Hall–Kier alpha value is -4.68. The fourth-order valence-electron chi connectivity index (χ4n) is 5.27. The second kappa shape index (κ2) is 8.96. The summed E-state index contributed by atoms with van der Waals surface area (Å²) in [4.78, 5) is 9.34.